The quantitative estimate of drug-likeness (QED) is 0.878. The van der Waals surface area contributed by atoms with Crippen molar-refractivity contribution in [1.29, 1.82) is 0 Å². The minimum absolute atomic E-state index is 0.664. The first-order chi connectivity index (χ1) is 8.69. The first-order valence-electron chi connectivity index (χ1n) is 7.22. The van der Waals surface area contributed by atoms with E-state index in [4.69, 9.17) is 0 Å². The first-order valence-corrected chi connectivity index (χ1v) is 7.22. The Balaban J connectivity index is 1.88. The van der Waals surface area contributed by atoms with Gasteiger partial charge in [-0.3, -0.25) is 4.90 Å². The van der Waals surface area contributed by atoms with E-state index in [1.807, 2.05) is 0 Å². The van der Waals surface area contributed by atoms with Crippen LogP contribution in [0.1, 0.15) is 31.4 Å². The molecule has 0 radical (unpaired) electrons. The van der Waals surface area contributed by atoms with Crippen molar-refractivity contribution in [3.8, 4) is 0 Å². The van der Waals surface area contributed by atoms with Gasteiger partial charge in [0.25, 0.3) is 0 Å². The monoisotopic (exact) mass is 246 g/mol. The lowest BCUT2D eigenvalue weighted by Crippen LogP contribution is -2.55. The molecule has 1 aliphatic heterocycles. The molecule has 1 fully saturated rings. The Morgan fingerprint density at radius 1 is 1.39 bits per heavy atom. The lowest BCUT2D eigenvalue weighted by Gasteiger charge is -2.38. The summed E-state index contributed by atoms with van der Waals surface area (Å²) in [6.07, 6.45) is 2.40. The Hall–Kier alpha value is -0.860. The highest BCUT2D eigenvalue weighted by Crippen LogP contribution is 2.11. The van der Waals surface area contributed by atoms with Crippen molar-refractivity contribution in [3.05, 3.63) is 35.4 Å². The molecule has 2 rings (SSSR count). The van der Waals surface area contributed by atoms with Crippen LogP contribution in [0.4, 0.5) is 0 Å². The van der Waals surface area contributed by atoms with E-state index in [9.17, 15) is 0 Å². The number of rotatable bonds is 4. The van der Waals surface area contributed by atoms with Gasteiger partial charge in [0, 0.05) is 31.7 Å². The molecule has 0 saturated carbocycles. The lowest BCUT2D eigenvalue weighted by atomic mass is 10.1. The number of piperazine rings is 1. The summed E-state index contributed by atoms with van der Waals surface area (Å²) >= 11 is 0. The molecule has 1 saturated heterocycles. The molecule has 2 atom stereocenters. The summed E-state index contributed by atoms with van der Waals surface area (Å²) in [5.41, 5.74) is 2.83. The summed E-state index contributed by atoms with van der Waals surface area (Å²) < 4.78 is 0. The topological polar surface area (TPSA) is 15.3 Å². The molecule has 0 amide bonds. The van der Waals surface area contributed by atoms with Crippen molar-refractivity contribution < 1.29 is 0 Å². The molecule has 2 unspecified atom stereocenters. The third-order valence-corrected chi connectivity index (χ3v) is 4.04. The van der Waals surface area contributed by atoms with Crippen molar-refractivity contribution in [2.24, 2.45) is 0 Å². The average Bonchev–Trinajstić information content (AvgIpc) is 2.38. The van der Waals surface area contributed by atoms with Crippen LogP contribution in [0.3, 0.4) is 0 Å². The summed E-state index contributed by atoms with van der Waals surface area (Å²) in [5, 5.41) is 3.61. The molecule has 1 aromatic carbocycles. The zero-order valence-electron chi connectivity index (χ0n) is 11.9. The van der Waals surface area contributed by atoms with Crippen molar-refractivity contribution in [2.45, 2.75) is 45.7 Å². The van der Waals surface area contributed by atoms with Crippen LogP contribution in [0, 0.1) is 6.92 Å². The maximum atomic E-state index is 3.61. The molecule has 1 aliphatic rings. The smallest absolute Gasteiger partial charge is 0.0193 e. The van der Waals surface area contributed by atoms with Gasteiger partial charge in [-0.1, -0.05) is 36.8 Å². The van der Waals surface area contributed by atoms with Crippen LogP contribution < -0.4 is 5.32 Å². The molecular formula is C16H26N2. The molecule has 1 aromatic rings. The van der Waals surface area contributed by atoms with Crippen LogP contribution in [0.25, 0.3) is 0 Å². The van der Waals surface area contributed by atoms with Gasteiger partial charge in [0.2, 0.25) is 0 Å². The van der Waals surface area contributed by atoms with Gasteiger partial charge in [-0.15, -0.1) is 0 Å². The fourth-order valence-corrected chi connectivity index (χ4v) is 2.72. The van der Waals surface area contributed by atoms with Crippen molar-refractivity contribution in [1.82, 2.24) is 10.2 Å². The summed E-state index contributed by atoms with van der Waals surface area (Å²) in [6, 6.07) is 10.2. The zero-order chi connectivity index (χ0) is 13.0. The van der Waals surface area contributed by atoms with Gasteiger partial charge in [0.15, 0.2) is 0 Å². The van der Waals surface area contributed by atoms with Gasteiger partial charge in [-0.25, -0.2) is 0 Å². The molecule has 2 nitrogen and oxygen atoms in total. The van der Waals surface area contributed by atoms with Crippen LogP contribution >= 0.6 is 0 Å². The SMILES string of the molecule is CCC1CN(CCc2cccc(C)c2)C(C)CN1. The van der Waals surface area contributed by atoms with E-state index >= 15 is 0 Å². The summed E-state index contributed by atoms with van der Waals surface area (Å²) in [7, 11) is 0. The lowest BCUT2D eigenvalue weighted by molar-refractivity contribution is 0.141. The van der Waals surface area contributed by atoms with Crippen LogP contribution in [0.5, 0.6) is 0 Å². The van der Waals surface area contributed by atoms with E-state index in [1.54, 1.807) is 0 Å². The average molecular weight is 246 g/mol. The molecule has 1 N–H and O–H groups in total. The molecule has 100 valence electrons. The second kappa shape index (κ2) is 6.35. The first kappa shape index (κ1) is 13.6. The van der Waals surface area contributed by atoms with E-state index < -0.39 is 0 Å². The van der Waals surface area contributed by atoms with Gasteiger partial charge >= 0.3 is 0 Å². The Bertz CT molecular complexity index is 375. The Morgan fingerprint density at radius 3 is 2.94 bits per heavy atom. The largest absolute Gasteiger partial charge is 0.311 e. The second-order valence-electron chi connectivity index (χ2n) is 5.60. The van der Waals surface area contributed by atoms with Gasteiger partial charge < -0.3 is 5.32 Å². The van der Waals surface area contributed by atoms with Gasteiger partial charge in [0.05, 0.1) is 0 Å². The van der Waals surface area contributed by atoms with E-state index in [1.165, 1.54) is 37.1 Å². The molecule has 2 heteroatoms. The van der Waals surface area contributed by atoms with E-state index in [0.717, 1.165) is 6.54 Å². The van der Waals surface area contributed by atoms with Crippen LogP contribution in [-0.4, -0.2) is 36.6 Å². The summed E-state index contributed by atoms with van der Waals surface area (Å²) in [5.74, 6) is 0. The number of hydrogen-bond donors (Lipinski definition) is 1. The fraction of sp³-hybridized carbons (Fsp3) is 0.625. The van der Waals surface area contributed by atoms with Crippen LogP contribution in [-0.2, 0) is 6.42 Å². The Kier molecular flexibility index (Phi) is 4.79. The maximum absolute atomic E-state index is 3.61. The molecule has 1 heterocycles. The Morgan fingerprint density at radius 2 is 2.22 bits per heavy atom. The van der Waals surface area contributed by atoms with Crippen molar-refractivity contribution in [2.75, 3.05) is 19.6 Å². The third-order valence-electron chi connectivity index (χ3n) is 4.04. The highest BCUT2D eigenvalue weighted by Gasteiger charge is 2.23. The molecule has 0 aliphatic carbocycles. The number of nitrogens with one attached hydrogen (secondary N) is 1. The van der Waals surface area contributed by atoms with Crippen LogP contribution in [0.2, 0.25) is 0 Å². The Labute approximate surface area is 111 Å². The molecule has 18 heavy (non-hydrogen) atoms. The zero-order valence-corrected chi connectivity index (χ0v) is 11.9. The van der Waals surface area contributed by atoms with Crippen molar-refractivity contribution in [3.63, 3.8) is 0 Å². The standard InChI is InChI=1S/C16H26N2/c1-4-16-12-18(14(3)11-17-16)9-8-15-7-5-6-13(2)10-15/h5-7,10,14,16-17H,4,8-9,11-12H2,1-3H3. The second-order valence-corrected chi connectivity index (χ2v) is 5.60. The van der Waals surface area contributed by atoms with Gasteiger partial charge in [0.1, 0.15) is 0 Å². The molecule has 0 spiro atoms. The number of benzene rings is 1. The van der Waals surface area contributed by atoms with Gasteiger partial charge in [-0.2, -0.15) is 0 Å². The van der Waals surface area contributed by atoms with E-state index in [2.05, 4.69) is 55.3 Å². The van der Waals surface area contributed by atoms with Crippen LogP contribution in [0.15, 0.2) is 24.3 Å². The van der Waals surface area contributed by atoms with Gasteiger partial charge in [-0.05, 0) is 32.3 Å². The molecule has 0 bridgehead atoms. The number of aryl methyl sites for hydroxylation is 1. The highest BCUT2D eigenvalue weighted by molar-refractivity contribution is 5.22. The van der Waals surface area contributed by atoms with E-state index in [0.29, 0.717) is 12.1 Å². The highest BCUT2D eigenvalue weighted by atomic mass is 15.2. The summed E-state index contributed by atoms with van der Waals surface area (Å²) in [4.78, 5) is 2.63. The maximum Gasteiger partial charge on any atom is 0.0193 e. The molecular weight excluding hydrogens is 220 g/mol. The number of hydrogen-bond acceptors (Lipinski definition) is 2. The predicted octanol–water partition coefficient (Wildman–Crippen LogP) is 2.61. The van der Waals surface area contributed by atoms with E-state index in [-0.39, 0.29) is 0 Å². The van der Waals surface area contributed by atoms with Crippen molar-refractivity contribution >= 4 is 0 Å². The normalized spacial score (nSPS) is 25.3. The predicted molar refractivity (Wildman–Crippen MR) is 78.0 cm³/mol. The minimum atomic E-state index is 0.664. The third kappa shape index (κ3) is 3.56. The minimum Gasteiger partial charge on any atom is -0.311 e. The summed E-state index contributed by atoms with van der Waals surface area (Å²) in [6.45, 7) is 10.3. The number of nitrogens with zero attached hydrogens (tertiary/aromatic N) is 1. The molecule has 0 aromatic heterocycles. The fourth-order valence-electron chi connectivity index (χ4n) is 2.72.